The summed E-state index contributed by atoms with van der Waals surface area (Å²) in [6.07, 6.45) is 0. The molecule has 0 aromatic heterocycles. The van der Waals surface area contributed by atoms with Crippen LogP contribution in [0.15, 0.2) is 77.7 Å². The number of hydrogen-bond acceptors (Lipinski definition) is 4. The average molecular weight is 415 g/mol. The van der Waals surface area contributed by atoms with Crippen molar-refractivity contribution in [1.29, 1.82) is 0 Å². The average Bonchev–Trinajstić information content (AvgIpc) is 2.73. The third kappa shape index (κ3) is 4.82. The number of benzene rings is 3. The van der Waals surface area contributed by atoms with Crippen LogP contribution in [0.5, 0.6) is 5.75 Å². The maximum atomic E-state index is 13.5. The van der Waals surface area contributed by atoms with Gasteiger partial charge in [0, 0.05) is 6.54 Å². The molecule has 3 rings (SSSR count). The van der Waals surface area contributed by atoms with Gasteiger partial charge in [-0.05, 0) is 41.8 Å². The van der Waals surface area contributed by atoms with E-state index in [2.05, 4.69) is 4.72 Å². The Hall–Kier alpha value is -2.74. The second-order valence-electron chi connectivity index (χ2n) is 6.84. The molecule has 0 amide bonds. The molecule has 0 fully saturated rings. The molecule has 7 heteroatoms. The second kappa shape index (κ2) is 8.32. The molecule has 3 aromatic carbocycles. The molecular formula is C22H22FNO4S. The summed E-state index contributed by atoms with van der Waals surface area (Å²) in [7, 11) is -2.79. The number of rotatable bonds is 7. The number of methoxy groups -OCH3 is 1. The first kappa shape index (κ1) is 21.0. The van der Waals surface area contributed by atoms with Crippen LogP contribution in [-0.2, 0) is 15.6 Å². The van der Waals surface area contributed by atoms with E-state index in [0.29, 0.717) is 5.56 Å². The maximum absolute atomic E-state index is 13.5. The van der Waals surface area contributed by atoms with Crippen LogP contribution < -0.4 is 9.46 Å². The molecule has 2 N–H and O–H groups in total. The van der Waals surface area contributed by atoms with Crippen LogP contribution in [0.3, 0.4) is 0 Å². The first-order chi connectivity index (χ1) is 13.7. The second-order valence-corrected chi connectivity index (χ2v) is 8.57. The number of ether oxygens (including phenoxy) is 1. The predicted octanol–water partition coefficient (Wildman–Crippen LogP) is 3.69. The number of nitrogens with one attached hydrogen (secondary N) is 1. The predicted molar refractivity (Wildman–Crippen MR) is 110 cm³/mol. The van der Waals surface area contributed by atoms with Crippen LogP contribution in [0.2, 0.25) is 0 Å². The first-order valence-electron chi connectivity index (χ1n) is 8.94. The minimum absolute atomic E-state index is 0.0192. The van der Waals surface area contributed by atoms with E-state index >= 15 is 0 Å². The van der Waals surface area contributed by atoms with Crippen molar-refractivity contribution in [3.05, 3.63) is 84.2 Å². The molecule has 0 spiro atoms. The molecule has 3 aromatic rings. The van der Waals surface area contributed by atoms with Gasteiger partial charge in [0.1, 0.15) is 22.1 Å². The van der Waals surface area contributed by atoms with Crippen molar-refractivity contribution in [1.82, 2.24) is 4.72 Å². The SMILES string of the molecule is COc1ccc(F)cc1S(=O)(=O)NCC(C)(O)c1ccc(-c2ccccc2)cc1. The third-order valence-electron chi connectivity index (χ3n) is 4.64. The summed E-state index contributed by atoms with van der Waals surface area (Å²) in [6.45, 7) is 1.22. The van der Waals surface area contributed by atoms with Crippen molar-refractivity contribution in [2.45, 2.75) is 17.4 Å². The molecule has 0 aliphatic carbocycles. The Morgan fingerprint density at radius 1 is 1.00 bits per heavy atom. The van der Waals surface area contributed by atoms with Crippen LogP contribution in [0.25, 0.3) is 11.1 Å². The highest BCUT2D eigenvalue weighted by molar-refractivity contribution is 7.89. The van der Waals surface area contributed by atoms with Gasteiger partial charge in [0.25, 0.3) is 0 Å². The van der Waals surface area contributed by atoms with Gasteiger partial charge in [-0.1, -0.05) is 54.6 Å². The molecule has 0 radical (unpaired) electrons. The van der Waals surface area contributed by atoms with Crippen molar-refractivity contribution < 1.29 is 22.7 Å². The monoisotopic (exact) mass is 415 g/mol. The van der Waals surface area contributed by atoms with Gasteiger partial charge in [-0.2, -0.15) is 0 Å². The van der Waals surface area contributed by atoms with Crippen LogP contribution in [0.1, 0.15) is 12.5 Å². The fourth-order valence-corrected chi connectivity index (χ4v) is 4.24. The van der Waals surface area contributed by atoms with Crippen molar-refractivity contribution in [2.75, 3.05) is 13.7 Å². The van der Waals surface area contributed by atoms with E-state index in [-0.39, 0.29) is 17.2 Å². The van der Waals surface area contributed by atoms with E-state index < -0.39 is 21.4 Å². The minimum Gasteiger partial charge on any atom is -0.495 e. The molecule has 1 unspecified atom stereocenters. The van der Waals surface area contributed by atoms with Crippen LogP contribution in [0.4, 0.5) is 4.39 Å². The normalized spacial score (nSPS) is 13.7. The number of halogens is 1. The van der Waals surface area contributed by atoms with E-state index in [4.69, 9.17) is 4.74 Å². The Bertz CT molecular complexity index is 1080. The summed E-state index contributed by atoms with van der Waals surface area (Å²) in [4.78, 5) is -0.324. The highest BCUT2D eigenvalue weighted by atomic mass is 32.2. The molecule has 0 saturated carbocycles. The van der Waals surface area contributed by atoms with Crippen molar-refractivity contribution in [2.24, 2.45) is 0 Å². The van der Waals surface area contributed by atoms with Gasteiger partial charge in [-0.25, -0.2) is 17.5 Å². The number of aliphatic hydroxyl groups is 1. The topological polar surface area (TPSA) is 75.6 Å². The zero-order valence-corrected chi connectivity index (χ0v) is 16.9. The van der Waals surface area contributed by atoms with Crippen LogP contribution >= 0.6 is 0 Å². The lowest BCUT2D eigenvalue weighted by molar-refractivity contribution is 0.0627. The summed E-state index contributed by atoms with van der Waals surface area (Å²) in [5.41, 5.74) is 1.10. The van der Waals surface area contributed by atoms with Crippen LogP contribution in [-0.4, -0.2) is 27.2 Å². The summed E-state index contributed by atoms with van der Waals surface area (Å²) in [5, 5.41) is 10.8. The molecular weight excluding hydrogens is 393 g/mol. The quantitative estimate of drug-likeness (QED) is 0.617. The third-order valence-corrected chi connectivity index (χ3v) is 6.06. The van der Waals surface area contributed by atoms with Crippen molar-refractivity contribution in [3.8, 4) is 16.9 Å². The lowest BCUT2D eigenvalue weighted by atomic mass is 9.94. The highest BCUT2D eigenvalue weighted by Gasteiger charge is 2.28. The summed E-state index contributed by atoms with van der Waals surface area (Å²) >= 11 is 0. The highest BCUT2D eigenvalue weighted by Crippen LogP contribution is 2.27. The van der Waals surface area contributed by atoms with E-state index in [1.807, 2.05) is 42.5 Å². The summed E-state index contributed by atoms with van der Waals surface area (Å²) in [5.74, 6) is -0.680. The fraction of sp³-hybridized carbons (Fsp3) is 0.182. The summed E-state index contributed by atoms with van der Waals surface area (Å²) in [6, 6.07) is 20.2. The molecule has 0 heterocycles. The Labute approximate surface area is 169 Å². The van der Waals surface area contributed by atoms with Crippen molar-refractivity contribution >= 4 is 10.0 Å². The Balaban J connectivity index is 1.78. The zero-order valence-electron chi connectivity index (χ0n) is 16.1. The Morgan fingerprint density at radius 3 is 2.24 bits per heavy atom. The van der Waals surface area contributed by atoms with Gasteiger partial charge >= 0.3 is 0 Å². The molecule has 0 bridgehead atoms. The lowest BCUT2D eigenvalue weighted by Gasteiger charge is -2.24. The number of sulfonamides is 1. The van der Waals surface area contributed by atoms with Gasteiger partial charge < -0.3 is 9.84 Å². The molecule has 29 heavy (non-hydrogen) atoms. The van der Waals surface area contributed by atoms with Crippen LogP contribution in [0, 0.1) is 5.82 Å². The largest absolute Gasteiger partial charge is 0.495 e. The van der Waals surface area contributed by atoms with Gasteiger partial charge in [0.2, 0.25) is 10.0 Å². The molecule has 5 nitrogen and oxygen atoms in total. The van der Waals surface area contributed by atoms with E-state index in [1.54, 1.807) is 12.1 Å². The van der Waals surface area contributed by atoms with Gasteiger partial charge in [-0.15, -0.1) is 0 Å². The molecule has 152 valence electrons. The maximum Gasteiger partial charge on any atom is 0.244 e. The molecule has 0 aliphatic heterocycles. The van der Waals surface area contributed by atoms with E-state index in [1.165, 1.54) is 20.1 Å². The van der Waals surface area contributed by atoms with Gasteiger partial charge in [0.15, 0.2) is 0 Å². The molecule has 0 aliphatic rings. The Kier molecular flexibility index (Phi) is 6.02. The zero-order chi connectivity index (χ0) is 21.1. The fourth-order valence-electron chi connectivity index (χ4n) is 2.93. The smallest absolute Gasteiger partial charge is 0.244 e. The summed E-state index contributed by atoms with van der Waals surface area (Å²) < 4.78 is 46.1. The lowest BCUT2D eigenvalue weighted by Crippen LogP contribution is -2.38. The minimum atomic E-state index is -4.09. The van der Waals surface area contributed by atoms with E-state index in [0.717, 1.165) is 23.3 Å². The Morgan fingerprint density at radius 2 is 1.62 bits per heavy atom. The van der Waals surface area contributed by atoms with Gasteiger partial charge in [0.05, 0.1) is 7.11 Å². The standard InChI is InChI=1S/C22H22FNO4S/c1-22(25,18-10-8-17(9-11-18)16-6-4-3-5-7-16)15-24-29(26,27)21-14-19(23)12-13-20(21)28-2/h3-14,24-25H,15H2,1-2H3. The van der Waals surface area contributed by atoms with Gasteiger partial charge in [-0.3, -0.25) is 0 Å². The molecule has 1 atom stereocenters. The first-order valence-corrected chi connectivity index (χ1v) is 10.4. The molecule has 0 saturated heterocycles. The van der Waals surface area contributed by atoms with Crippen molar-refractivity contribution in [3.63, 3.8) is 0 Å². The number of hydrogen-bond donors (Lipinski definition) is 2. The van der Waals surface area contributed by atoms with E-state index in [9.17, 15) is 17.9 Å².